The Morgan fingerprint density at radius 2 is 1.75 bits per heavy atom. The summed E-state index contributed by atoms with van der Waals surface area (Å²) in [5.74, 6) is 0.115. The van der Waals surface area contributed by atoms with E-state index in [1.54, 1.807) is 25.2 Å². The highest BCUT2D eigenvalue weighted by atomic mass is 16.5. The van der Waals surface area contributed by atoms with Crippen LogP contribution in [0.2, 0.25) is 0 Å². The largest absolute Gasteiger partial charge is 0.508 e. The Kier molecular flexibility index (Phi) is 3.79. The van der Waals surface area contributed by atoms with Gasteiger partial charge in [-0.2, -0.15) is 0 Å². The first-order valence-electron chi connectivity index (χ1n) is 5.97. The Balaban J connectivity index is 2.28. The number of amides is 1. The molecule has 20 heavy (non-hydrogen) atoms. The maximum Gasteiger partial charge on any atom is 0.261 e. The normalized spacial score (nSPS) is 10.1. The van der Waals surface area contributed by atoms with E-state index < -0.39 is 0 Å². The molecule has 2 aromatic rings. The Bertz CT molecular complexity index is 622. The zero-order valence-electron chi connectivity index (χ0n) is 11.2. The summed E-state index contributed by atoms with van der Waals surface area (Å²) in [5, 5.41) is 19.1. The molecule has 2 N–H and O–H groups in total. The molecule has 0 saturated carbocycles. The topological polar surface area (TPSA) is 70.0 Å². The molecule has 0 atom stereocenters. The molecule has 0 aliphatic rings. The quantitative estimate of drug-likeness (QED) is 0.900. The maximum atomic E-state index is 12.3. The maximum absolute atomic E-state index is 12.3. The number of benzene rings is 2. The Morgan fingerprint density at radius 1 is 1.10 bits per heavy atom. The molecule has 0 bridgehead atoms. The summed E-state index contributed by atoms with van der Waals surface area (Å²) in [6.07, 6.45) is 0. The van der Waals surface area contributed by atoms with Gasteiger partial charge in [-0.1, -0.05) is 0 Å². The fourth-order valence-corrected chi connectivity index (χ4v) is 1.79. The third-order valence-electron chi connectivity index (χ3n) is 2.98. The molecule has 2 aromatic carbocycles. The molecule has 0 radical (unpaired) electrons. The zero-order valence-corrected chi connectivity index (χ0v) is 11.2. The van der Waals surface area contributed by atoms with Gasteiger partial charge in [0.2, 0.25) is 0 Å². The van der Waals surface area contributed by atoms with E-state index in [1.807, 2.05) is 0 Å². The van der Waals surface area contributed by atoms with Crippen LogP contribution in [0.25, 0.3) is 0 Å². The first-order valence-corrected chi connectivity index (χ1v) is 5.97. The van der Waals surface area contributed by atoms with E-state index >= 15 is 0 Å². The molecule has 0 spiro atoms. The summed E-state index contributed by atoms with van der Waals surface area (Å²) in [6.45, 7) is 0. The third-order valence-corrected chi connectivity index (χ3v) is 2.98. The number of phenols is 2. The number of phenolic OH excluding ortho intramolecular Hbond substituents is 2. The highest BCUT2D eigenvalue weighted by Gasteiger charge is 2.17. The van der Waals surface area contributed by atoms with Crippen molar-refractivity contribution in [2.75, 3.05) is 19.1 Å². The number of methoxy groups -OCH3 is 1. The predicted octanol–water partition coefficient (Wildman–Crippen LogP) is 2.38. The minimum absolute atomic E-state index is 0.127. The lowest BCUT2D eigenvalue weighted by atomic mass is 10.1. The second-order valence-corrected chi connectivity index (χ2v) is 4.26. The zero-order chi connectivity index (χ0) is 14.7. The first kappa shape index (κ1) is 13.7. The van der Waals surface area contributed by atoms with Gasteiger partial charge in [0.25, 0.3) is 5.91 Å². The van der Waals surface area contributed by atoms with Crippen LogP contribution >= 0.6 is 0 Å². The molecule has 0 unspecified atom stereocenters. The van der Waals surface area contributed by atoms with E-state index in [4.69, 9.17) is 4.74 Å². The SMILES string of the molecule is COc1ccc(C(=O)N(C)c2ccc(O)cc2)c(O)c1. The van der Waals surface area contributed by atoms with E-state index in [9.17, 15) is 15.0 Å². The van der Waals surface area contributed by atoms with E-state index in [0.717, 1.165) is 0 Å². The Hall–Kier alpha value is -2.69. The van der Waals surface area contributed by atoms with E-state index in [2.05, 4.69) is 0 Å². The molecule has 0 aromatic heterocycles. The van der Waals surface area contributed by atoms with Gasteiger partial charge in [-0.05, 0) is 36.4 Å². The van der Waals surface area contributed by atoms with Gasteiger partial charge >= 0.3 is 0 Å². The highest BCUT2D eigenvalue weighted by Crippen LogP contribution is 2.26. The number of anilines is 1. The molecule has 2 rings (SSSR count). The highest BCUT2D eigenvalue weighted by molar-refractivity contribution is 6.07. The van der Waals surface area contributed by atoms with Crippen LogP contribution in [0.3, 0.4) is 0 Å². The molecule has 0 heterocycles. The van der Waals surface area contributed by atoms with Gasteiger partial charge in [0.15, 0.2) is 0 Å². The third kappa shape index (κ3) is 2.66. The fourth-order valence-electron chi connectivity index (χ4n) is 1.79. The predicted molar refractivity (Wildman–Crippen MR) is 75.5 cm³/mol. The van der Waals surface area contributed by atoms with Crippen LogP contribution in [-0.2, 0) is 0 Å². The van der Waals surface area contributed by atoms with Crippen molar-refractivity contribution in [3.8, 4) is 17.2 Å². The summed E-state index contributed by atoms with van der Waals surface area (Å²) in [4.78, 5) is 13.7. The van der Waals surface area contributed by atoms with Crippen LogP contribution in [0.1, 0.15) is 10.4 Å². The summed E-state index contributed by atoms with van der Waals surface area (Å²) in [6, 6.07) is 10.7. The van der Waals surface area contributed by atoms with Gasteiger partial charge in [0.05, 0.1) is 12.7 Å². The Morgan fingerprint density at radius 3 is 2.30 bits per heavy atom. The molecule has 0 aliphatic carbocycles. The average Bonchev–Trinajstić information content (AvgIpc) is 2.46. The van der Waals surface area contributed by atoms with Crippen LogP contribution in [-0.4, -0.2) is 30.3 Å². The van der Waals surface area contributed by atoms with Crippen molar-refractivity contribution in [1.82, 2.24) is 0 Å². The van der Waals surface area contributed by atoms with Crippen molar-refractivity contribution >= 4 is 11.6 Å². The minimum Gasteiger partial charge on any atom is -0.508 e. The van der Waals surface area contributed by atoms with Gasteiger partial charge < -0.3 is 19.8 Å². The Labute approximate surface area is 116 Å². The molecule has 1 amide bonds. The second kappa shape index (κ2) is 5.52. The van der Waals surface area contributed by atoms with Crippen molar-refractivity contribution in [3.05, 3.63) is 48.0 Å². The van der Waals surface area contributed by atoms with Crippen molar-refractivity contribution < 1.29 is 19.7 Å². The molecule has 0 saturated heterocycles. The first-order chi connectivity index (χ1) is 9.52. The van der Waals surface area contributed by atoms with Gasteiger partial charge in [0.1, 0.15) is 17.2 Å². The fraction of sp³-hybridized carbons (Fsp3) is 0.133. The monoisotopic (exact) mass is 273 g/mol. The van der Waals surface area contributed by atoms with Gasteiger partial charge in [0, 0.05) is 18.8 Å². The summed E-state index contributed by atoms with van der Waals surface area (Å²) >= 11 is 0. The van der Waals surface area contributed by atoms with Gasteiger partial charge in [-0.3, -0.25) is 4.79 Å². The second-order valence-electron chi connectivity index (χ2n) is 4.26. The molecule has 5 nitrogen and oxygen atoms in total. The number of hydrogen-bond acceptors (Lipinski definition) is 4. The number of carbonyl (C=O) groups is 1. The van der Waals surface area contributed by atoms with Crippen molar-refractivity contribution in [2.45, 2.75) is 0 Å². The minimum atomic E-state index is -0.351. The number of ether oxygens (including phenoxy) is 1. The molecular formula is C15H15NO4. The summed E-state index contributed by atoms with van der Waals surface area (Å²) in [5.41, 5.74) is 0.796. The lowest BCUT2D eigenvalue weighted by molar-refractivity contribution is 0.0990. The number of aromatic hydroxyl groups is 2. The van der Waals surface area contributed by atoms with E-state index in [-0.39, 0.29) is 23.0 Å². The average molecular weight is 273 g/mol. The molecule has 5 heteroatoms. The molecule has 0 fully saturated rings. The van der Waals surface area contributed by atoms with E-state index in [0.29, 0.717) is 11.4 Å². The number of hydrogen-bond donors (Lipinski definition) is 2. The van der Waals surface area contributed by atoms with Crippen LogP contribution in [0, 0.1) is 0 Å². The molecule has 104 valence electrons. The summed E-state index contributed by atoms with van der Waals surface area (Å²) < 4.78 is 4.98. The van der Waals surface area contributed by atoms with Gasteiger partial charge in [-0.25, -0.2) is 0 Å². The van der Waals surface area contributed by atoms with Gasteiger partial charge in [-0.15, -0.1) is 0 Å². The molecule has 0 aliphatic heterocycles. The van der Waals surface area contributed by atoms with Crippen LogP contribution in [0.15, 0.2) is 42.5 Å². The van der Waals surface area contributed by atoms with Crippen molar-refractivity contribution in [1.29, 1.82) is 0 Å². The smallest absolute Gasteiger partial charge is 0.261 e. The van der Waals surface area contributed by atoms with Crippen molar-refractivity contribution in [2.24, 2.45) is 0 Å². The standard InChI is InChI=1S/C15H15NO4/c1-16(10-3-5-11(17)6-4-10)15(19)13-8-7-12(20-2)9-14(13)18/h3-9,17-18H,1-2H3. The number of rotatable bonds is 3. The molecular weight excluding hydrogens is 258 g/mol. The van der Waals surface area contributed by atoms with Crippen LogP contribution < -0.4 is 9.64 Å². The number of nitrogens with zero attached hydrogens (tertiary/aromatic N) is 1. The lowest BCUT2D eigenvalue weighted by Gasteiger charge is -2.18. The van der Waals surface area contributed by atoms with E-state index in [1.165, 1.54) is 36.3 Å². The number of carbonyl (C=O) groups excluding carboxylic acids is 1. The lowest BCUT2D eigenvalue weighted by Crippen LogP contribution is -2.26. The summed E-state index contributed by atoms with van der Waals surface area (Å²) in [7, 11) is 3.08. The van der Waals surface area contributed by atoms with Crippen LogP contribution in [0.4, 0.5) is 5.69 Å². The van der Waals surface area contributed by atoms with Crippen molar-refractivity contribution in [3.63, 3.8) is 0 Å². The van der Waals surface area contributed by atoms with Crippen LogP contribution in [0.5, 0.6) is 17.2 Å².